The zero-order valence-corrected chi connectivity index (χ0v) is 4.74. The Kier molecular flexibility index (Phi) is 1.27. The summed E-state index contributed by atoms with van der Waals surface area (Å²) in [6.45, 7) is 0. The maximum absolute atomic E-state index is 8.70. The predicted molar refractivity (Wildman–Crippen MR) is 30.8 cm³/mol. The van der Waals surface area contributed by atoms with Crippen molar-refractivity contribution in [2.24, 2.45) is 0 Å². The van der Waals surface area contributed by atoms with E-state index in [1.54, 1.807) is 12.1 Å². The molecule has 2 heteroatoms. The zero-order chi connectivity index (χ0) is 5.98. The Morgan fingerprint density at radius 3 is 2.75 bits per heavy atom. The van der Waals surface area contributed by atoms with Crippen molar-refractivity contribution >= 4 is 11.6 Å². The lowest BCUT2D eigenvalue weighted by molar-refractivity contribution is 0.476. The first-order valence-corrected chi connectivity index (χ1v) is 2.45. The molecule has 0 heterocycles. The van der Waals surface area contributed by atoms with Crippen LogP contribution in [0, 0.1) is 12.1 Å². The molecule has 1 nitrogen and oxygen atoms in total. The van der Waals surface area contributed by atoms with Gasteiger partial charge in [-0.3, -0.25) is 0 Å². The Balaban J connectivity index is 3.13. The van der Waals surface area contributed by atoms with E-state index >= 15 is 0 Å². The topological polar surface area (TPSA) is 20.2 Å². The fourth-order valence-electron chi connectivity index (χ4n) is 0.363. The van der Waals surface area contributed by atoms with E-state index in [9.17, 15) is 0 Å². The minimum atomic E-state index is -0.0471. The lowest BCUT2D eigenvalue weighted by Crippen LogP contribution is -1.59. The summed E-state index contributed by atoms with van der Waals surface area (Å²) in [6, 6.07) is 8.07. The van der Waals surface area contributed by atoms with Gasteiger partial charge >= 0.3 is 0 Å². The summed E-state index contributed by atoms with van der Waals surface area (Å²) in [7, 11) is 0. The Hall–Kier alpha value is -0.870. The van der Waals surface area contributed by atoms with Gasteiger partial charge in [-0.05, 0) is 18.2 Å². The summed E-state index contributed by atoms with van der Waals surface area (Å²) >= 11 is 5.41. The first-order chi connectivity index (χ1) is 3.80. The third-order valence-electron chi connectivity index (χ3n) is 0.730. The fourth-order valence-corrected chi connectivity index (χ4v) is 0.474. The van der Waals surface area contributed by atoms with Crippen LogP contribution in [0.2, 0.25) is 5.02 Å². The first-order valence-electron chi connectivity index (χ1n) is 2.07. The van der Waals surface area contributed by atoms with E-state index in [1.165, 1.54) is 0 Å². The Morgan fingerprint density at radius 2 is 2.38 bits per heavy atom. The lowest BCUT2D eigenvalue weighted by Gasteiger charge is -1.84. The molecule has 0 radical (unpaired) electrons. The molecule has 0 unspecified atom stereocenters. The maximum atomic E-state index is 8.70. The van der Waals surface area contributed by atoms with Gasteiger partial charge in [-0.25, -0.2) is 0 Å². The van der Waals surface area contributed by atoms with Gasteiger partial charge in [-0.1, -0.05) is 17.7 Å². The number of hydrogen-bond acceptors (Lipinski definition) is 1. The van der Waals surface area contributed by atoms with E-state index in [4.69, 9.17) is 16.7 Å². The van der Waals surface area contributed by atoms with Gasteiger partial charge in [0.2, 0.25) is 0 Å². The highest BCUT2D eigenvalue weighted by molar-refractivity contribution is 6.31. The minimum Gasteiger partial charge on any atom is -0.500 e. The highest BCUT2D eigenvalue weighted by Gasteiger charge is 1.88. The molecule has 0 atom stereocenters. The molecule has 0 amide bonds. The van der Waals surface area contributed by atoms with Gasteiger partial charge in [0.05, 0.1) is 5.02 Å². The molecule has 0 spiro atoms. The minimum absolute atomic E-state index is 0.0471. The van der Waals surface area contributed by atoms with Crippen LogP contribution >= 0.6 is 11.6 Å². The summed E-state index contributed by atoms with van der Waals surface area (Å²) in [5.41, 5.74) is 0. The average Bonchev–Trinajstić information content (AvgIpc) is 1.77. The Labute approximate surface area is 52.5 Å². The van der Waals surface area contributed by atoms with Crippen molar-refractivity contribution in [1.29, 1.82) is 0 Å². The average molecular weight is 127 g/mol. The van der Waals surface area contributed by atoms with Crippen LogP contribution in [-0.2, 0) is 0 Å². The summed E-state index contributed by atoms with van der Waals surface area (Å²) in [6.07, 6.45) is 0. The summed E-state index contributed by atoms with van der Waals surface area (Å²) in [5.74, 6) is -0.0471. The molecule has 40 valence electrons. The number of halogens is 1. The number of hydrogen-bond donors (Lipinski definition) is 1. The quantitative estimate of drug-likeness (QED) is 0.561. The second-order valence-electron chi connectivity index (χ2n) is 1.30. The smallest absolute Gasteiger partial charge is 0.186 e. The van der Waals surface area contributed by atoms with Crippen molar-refractivity contribution in [3.05, 3.63) is 29.3 Å². The van der Waals surface area contributed by atoms with E-state index in [2.05, 4.69) is 12.1 Å². The standard InChI is InChI=1S/C6H3ClO/c7-5-3-1-2-4-6(5)8/h1,3,8H. The Morgan fingerprint density at radius 1 is 1.62 bits per heavy atom. The van der Waals surface area contributed by atoms with E-state index < -0.39 is 0 Å². The van der Waals surface area contributed by atoms with E-state index in [0.717, 1.165) is 0 Å². The van der Waals surface area contributed by atoms with E-state index in [-0.39, 0.29) is 5.75 Å². The predicted octanol–water partition coefficient (Wildman–Crippen LogP) is 1.65. The summed E-state index contributed by atoms with van der Waals surface area (Å²) in [4.78, 5) is 0. The molecule has 1 N–H and O–H groups in total. The first kappa shape index (κ1) is 5.27. The largest absolute Gasteiger partial charge is 0.500 e. The molecular weight excluding hydrogens is 124 g/mol. The number of aromatic hydroxyl groups is 1. The van der Waals surface area contributed by atoms with Gasteiger partial charge in [-0.2, -0.15) is 0 Å². The molecule has 1 rings (SSSR count). The van der Waals surface area contributed by atoms with Gasteiger partial charge in [0.15, 0.2) is 5.75 Å². The molecule has 0 fully saturated rings. The van der Waals surface area contributed by atoms with Crippen LogP contribution in [0.4, 0.5) is 0 Å². The second kappa shape index (κ2) is 1.94. The molecule has 0 bridgehead atoms. The van der Waals surface area contributed by atoms with E-state index in [0.29, 0.717) is 5.02 Å². The molecule has 0 aliphatic carbocycles. The van der Waals surface area contributed by atoms with E-state index in [1.807, 2.05) is 0 Å². The van der Waals surface area contributed by atoms with Gasteiger partial charge in [0, 0.05) is 0 Å². The molecule has 0 aliphatic rings. The van der Waals surface area contributed by atoms with Crippen molar-refractivity contribution in [1.82, 2.24) is 0 Å². The molecule has 8 heavy (non-hydrogen) atoms. The highest BCUT2D eigenvalue weighted by atomic mass is 35.5. The molecule has 0 aliphatic heterocycles. The molecule has 1 aromatic rings. The zero-order valence-electron chi connectivity index (χ0n) is 3.98. The SMILES string of the molecule is Oc1c#cccc1Cl. The van der Waals surface area contributed by atoms with Gasteiger partial charge < -0.3 is 5.11 Å². The van der Waals surface area contributed by atoms with Crippen LogP contribution in [-0.4, -0.2) is 5.11 Å². The van der Waals surface area contributed by atoms with Crippen molar-refractivity contribution in [3.8, 4) is 5.75 Å². The van der Waals surface area contributed by atoms with Crippen molar-refractivity contribution in [2.75, 3.05) is 0 Å². The van der Waals surface area contributed by atoms with Gasteiger partial charge in [0.1, 0.15) is 0 Å². The maximum Gasteiger partial charge on any atom is 0.186 e. The van der Waals surface area contributed by atoms with Crippen LogP contribution in [0.25, 0.3) is 0 Å². The van der Waals surface area contributed by atoms with Crippen LogP contribution in [0.5, 0.6) is 5.75 Å². The lowest BCUT2D eigenvalue weighted by atomic mass is 10.4. The summed E-state index contributed by atoms with van der Waals surface area (Å²) < 4.78 is 0. The van der Waals surface area contributed by atoms with Crippen molar-refractivity contribution in [2.45, 2.75) is 0 Å². The van der Waals surface area contributed by atoms with Gasteiger partial charge in [-0.15, -0.1) is 0 Å². The highest BCUT2D eigenvalue weighted by Crippen LogP contribution is 2.17. The van der Waals surface area contributed by atoms with Gasteiger partial charge in [0.25, 0.3) is 0 Å². The van der Waals surface area contributed by atoms with Crippen LogP contribution in [0.3, 0.4) is 0 Å². The van der Waals surface area contributed by atoms with Crippen molar-refractivity contribution < 1.29 is 5.11 Å². The third kappa shape index (κ3) is 0.853. The molecule has 0 saturated carbocycles. The second-order valence-corrected chi connectivity index (χ2v) is 1.71. The number of rotatable bonds is 0. The molecule has 0 aromatic heterocycles. The van der Waals surface area contributed by atoms with Crippen LogP contribution in [0.15, 0.2) is 12.1 Å². The third-order valence-corrected chi connectivity index (χ3v) is 1.03. The monoisotopic (exact) mass is 126 g/mol. The van der Waals surface area contributed by atoms with Crippen molar-refractivity contribution in [3.63, 3.8) is 0 Å². The molecule has 1 aromatic carbocycles. The normalized spacial score (nSPS) is 8.12. The molecule has 0 saturated heterocycles. The fraction of sp³-hybridized carbons (Fsp3) is 0. The van der Waals surface area contributed by atoms with Crippen LogP contribution < -0.4 is 0 Å². The summed E-state index contributed by atoms with van der Waals surface area (Å²) in [5, 5.41) is 9.01. The van der Waals surface area contributed by atoms with Crippen LogP contribution in [0.1, 0.15) is 0 Å². The molecular formula is C6H3ClO. The Bertz CT molecular complexity index is 165.